The molecule has 0 saturated carbocycles. The maximum absolute atomic E-state index is 5.62. The van der Waals surface area contributed by atoms with Gasteiger partial charge in [-0.05, 0) is 19.8 Å². The Hall–Kier alpha value is -0.160. The lowest BCUT2D eigenvalue weighted by molar-refractivity contribution is 0.00590. The van der Waals surface area contributed by atoms with Gasteiger partial charge in [0, 0.05) is 38.3 Å². The van der Waals surface area contributed by atoms with Crippen molar-refractivity contribution in [1.29, 1.82) is 0 Å². The van der Waals surface area contributed by atoms with Crippen molar-refractivity contribution in [2.75, 3.05) is 46.6 Å². The molecule has 1 aliphatic rings. The van der Waals surface area contributed by atoms with Gasteiger partial charge in [0.05, 0.1) is 19.8 Å². The van der Waals surface area contributed by atoms with Crippen LogP contribution in [0.2, 0.25) is 0 Å². The first-order valence-electron chi connectivity index (χ1n) is 7.71. The maximum atomic E-state index is 5.62. The molecule has 0 aromatic carbocycles. The summed E-state index contributed by atoms with van der Waals surface area (Å²) < 4.78 is 10.6. The van der Waals surface area contributed by atoms with Gasteiger partial charge in [-0.2, -0.15) is 0 Å². The maximum Gasteiger partial charge on any atom is 0.0700 e. The van der Waals surface area contributed by atoms with Crippen molar-refractivity contribution in [2.45, 2.75) is 51.6 Å². The van der Waals surface area contributed by atoms with E-state index in [9.17, 15) is 0 Å². The molecule has 1 saturated heterocycles. The topological polar surface area (TPSA) is 33.7 Å². The highest BCUT2D eigenvalue weighted by molar-refractivity contribution is 4.94. The Morgan fingerprint density at radius 3 is 2.68 bits per heavy atom. The van der Waals surface area contributed by atoms with Gasteiger partial charge in [0.2, 0.25) is 0 Å². The molecule has 1 fully saturated rings. The van der Waals surface area contributed by atoms with Crippen molar-refractivity contribution < 1.29 is 9.47 Å². The lowest BCUT2D eigenvalue weighted by Crippen LogP contribution is -2.63. The van der Waals surface area contributed by atoms with Crippen molar-refractivity contribution in [3.05, 3.63) is 0 Å². The Morgan fingerprint density at radius 1 is 1.26 bits per heavy atom. The van der Waals surface area contributed by atoms with E-state index in [1.54, 1.807) is 7.11 Å². The van der Waals surface area contributed by atoms with Crippen molar-refractivity contribution in [2.24, 2.45) is 0 Å². The van der Waals surface area contributed by atoms with Crippen LogP contribution in [0.25, 0.3) is 0 Å². The Kier molecular flexibility index (Phi) is 7.91. The third kappa shape index (κ3) is 5.38. The van der Waals surface area contributed by atoms with Gasteiger partial charge in [-0.1, -0.05) is 20.3 Å². The molecule has 4 nitrogen and oxygen atoms in total. The van der Waals surface area contributed by atoms with Crippen molar-refractivity contribution in [3.63, 3.8) is 0 Å². The van der Waals surface area contributed by atoms with Crippen LogP contribution >= 0.6 is 0 Å². The Labute approximate surface area is 118 Å². The second-order valence-electron chi connectivity index (χ2n) is 5.77. The van der Waals surface area contributed by atoms with E-state index in [1.807, 2.05) is 0 Å². The monoisotopic (exact) mass is 272 g/mol. The highest BCUT2D eigenvalue weighted by Crippen LogP contribution is 2.23. The van der Waals surface area contributed by atoms with Gasteiger partial charge in [0.15, 0.2) is 0 Å². The summed E-state index contributed by atoms with van der Waals surface area (Å²) in [5.41, 5.74) is 0.273. The lowest BCUT2D eigenvalue weighted by atomic mass is 9.91. The molecule has 0 aromatic heterocycles. The number of nitrogens with zero attached hydrogens (tertiary/aromatic N) is 1. The summed E-state index contributed by atoms with van der Waals surface area (Å²) in [7, 11) is 1.71. The fraction of sp³-hybridized carbons (Fsp3) is 1.00. The summed E-state index contributed by atoms with van der Waals surface area (Å²) in [5.74, 6) is 0. The second-order valence-corrected chi connectivity index (χ2v) is 5.77. The van der Waals surface area contributed by atoms with E-state index in [-0.39, 0.29) is 5.54 Å². The van der Waals surface area contributed by atoms with Gasteiger partial charge in [0.1, 0.15) is 0 Å². The summed E-state index contributed by atoms with van der Waals surface area (Å²) in [4.78, 5) is 2.61. The number of hydrogen-bond donors (Lipinski definition) is 1. The summed E-state index contributed by atoms with van der Waals surface area (Å²) in [6, 6.07) is 0.642. The van der Waals surface area contributed by atoms with Gasteiger partial charge >= 0.3 is 0 Å². The molecule has 0 spiro atoms. The number of methoxy groups -OCH3 is 1. The highest BCUT2D eigenvalue weighted by Gasteiger charge is 2.35. The van der Waals surface area contributed by atoms with Crippen LogP contribution < -0.4 is 5.32 Å². The molecule has 4 heteroatoms. The molecule has 1 aliphatic heterocycles. The van der Waals surface area contributed by atoms with E-state index in [0.717, 1.165) is 26.2 Å². The largest absolute Gasteiger partial charge is 0.382 e. The van der Waals surface area contributed by atoms with Gasteiger partial charge in [0.25, 0.3) is 0 Å². The summed E-state index contributed by atoms with van der Waals surface area (Å²) in [5, 5.41) is 3.70. The number of rotatable bonds is 9. The number of ether oxygens (including phenoxy) is 2. The zero-order valence-electron chi connectivity index (χ0n) is 13.2. The zero-order chi connectivity index (χ0) is 14.1. The third-order valence-corrected chi connectivity index (χ3v) is 4.31. The van der Waals surface area contributed by atoms with E-state index in [0.29, 0.717) is 19.3 Å². The average Bonchev–Trinajstić information content (AvgIpc) is 2.42. The minimum absolute atomic E-state index is 0.273. The summed E-state index contributed by atoms with van der Waals surface area (Å²) in [6.45, 7) is 12.3. The molecule has 0 radical (unpaired) electrons. The predicted octanol–water partition coefficient (Wildman–Crippen LogP) is 1.89. The summed E-state index contributed by atoms with van der Waals surface area (Å²) >= 11 is 0. The van der Waals surface area contributed by atoms with Crippen molar-refractivity contribution in [1.82, 2.24) is 10.2 Å². The molecule has 19 heavy (non-hydrogen) atoms. The molecular weight excluding hydrogens is 240 g/mol. The predicted molar refractivity (Wildman–Crippen MR) is 79.7 cm³/mol. The van der Waals surface area contributed by atoms with Crippen molar-refractivity contribution in [3.8, 4) is 0 Å². The van der Waals surface area contributed by atoms with Crippen LogP contribution in [0.3, 0.4) is 0 Å². The normalized spacial score (nSPS) is 28.7. The van der Waals surface area contributed by atoms with Crippen molar-refractivity contribution >= 4 is 0 Å². The molecule has 1 heterocycles. The van der Waals surface area contributed by atoms with Crippen LogP contribution in [0.5, 0.6) is 0 Å². The molecule has 1 rings (SSSR count). The quantitative estimate of drug-likeness (QED) is 0.650. The van der Waals surface area contributed by atoms with E-state index in [2.05, 4.69) is 31.0 Å². The minimum Gasteiger partial charge on any atom is -0.382 e. The Morgan fingerprint density at radius 2 is 2.05 bits per heavy atom. The lowest BCUT2D eigenvalue weighted by Gasteiger charge is -2.48. The Bertz CT molecular complexity index is 238. The molecule has 0 aromatic rings. The van der Waals surface area contributed by atoms with Gasteiger partial charge in [-0.25, -0.2) is 0 Å². The molecule has 0 aliphatic carbocycles. The standard InChI is InChI=1S/C15H32N2O2/c1-5-7-14-12-17(8-9-19-11-10-18-4)15(3,6-2)13-16-14/h14,16H,5-13H2,1-4H3. The first-order chi connectivity index (χ1) is 9.16. The first kappa shape index (κ1) is 16.9. The molecular formula is C15H32N2O2. The van der Waals surface area contributed by atoms with Crippen LogP contribution in [-0.4, -0.2) is 63.0 Å². The fourth-order valence-electron chi connectivity index (χ4n) is 2.70. The van der Waals surface area contributed by atoms with Crippen LogP contribution in [0.1, 0.15) is 40.0 Å². The first-order valence-corrected chi connectivity index (χ1v) is 7.71. The van der Waals surface area contributed by atoms with E-state index in [1.165, 1.54) is 19.3 Å². The number of hydrogen-bond acceptors (Lipinski definition) is 4. The molecule has 0 bridgehead atoms. The fourth-order valence-corrected chi connectivity index (χ4v) is 2.70. The van der Waals surface area contributed by atoms with Crippen LogP contribution in [-0.2, 0) is 9.47 Å². The molecule has 2 atom stereocenters. The zero-order valence-corrected chi connectivity index (χ0v) is 13.2. The minimum atomic E-state index is 0.273. The number of piperazine rings is 1. The Balaban J connectivity index is 2.39. The molecule has 2 unspecified atom stereocenters. The second kappa shape index (κ2) is 8.90. The molecule has 0 amide bonds. The van der Waals surface area contributed by atoms with E-state index >= 15 is 0 Å². The van der Waals surface area contributed by atoms with Gasteiger partial charge < -0.3 is 14.8 Å². The smallest absolute Gasteiger partial charge is 0.0700 e. The van der Waals surface area contributed by atoms with Crippen LogP contribution in [0.4, 0.5) is 0 Å². The van der Waals surface area contributed by atoms with Crippen LogP contribution in [0.15, 0.2) is 0 Å². The summed E-state index contributed by atoms with van der Waals surface area (Å²) in [6.07, 6.45) is 3.69. The third-order valence-electron chi connectivity index (χ3n) is 4.31. The van der Waals surface area contributed by atoms with E-state index < -0.39 is 0 Å². The number of nitrogens with one attached hydrogen (secondary N) is 1. The highest BCUT2D eigenvalue weighted by atomic mass is 16.5. The van der Waals surface area contributed by atoms with E-state index in [4.69, 9.17) is 9.47 Å². The van der Waals surface area contributed by atoms with Crippen LogP contribution in [0, 0.1) is 0 Å². The average molecular weight is 272 g/mol. The van der Waals surface area contributed by atoms with Gasteiger partial charge in [-0.3, -0.25) is 4.90 Å². The SMILES string of the molecule is CCCC1CN(CCOCCOC)C(C)(CC)CN1. The van der Waals surface area contributed by atoms with Gasteiger partial charge in [-0.15, -0.1) is 0 Å². The molecule has 114 valence electrons. The molecule has 1 N–H and O–H groups in total.